The molecule has 2 unspecified atom stereocenters. The van der Waals surface area contributed by atoms with Gasteiger partial charge in [0.1, 0.15) is 5.92 Å². The number of rotatable bonds is 7. The molecule has 6 nitrogen and oxygen atoms in total. The number of Topliss-reactive ketones (excluding diaryl/α,β-unsaturated/α-hetero) is 2. The highest BCUT2D eigenvalue weighted by molar-refractivity contribution is 7.12. The highest BCUT2D eigenvalue weighted by Gasteiger charge is 2.51. The number of thiophene rings is 1. The molecule has 7 heteroatoms. The van der Waals surface area contributed by atoms with Crippen molar-refractivity contribution in [3.8, 4) is 0 Å². The van der Waals surface area contributed by atoms with E-state index in [0.717, 1.165) is 11.1 Å². The van der Waals surface area contributed by atoms with E-state index < -0.39 is 23.7 Å². The number of aryl methyl sites for hydroxylation is 2. The maximum absolute atomic E-state index is 13.1. The molecule has 0 bridgehead atoms. The van der Waals surface area contributed by atoms with Gasteiger partial charge in [-0.05, 0) is 30.4 Å². The number of carbonyl (C=O) groups excluding carboxylic acids is 3. The molecular weight excluding hydrogens is 386 g/mol. The van der Waals surface area contributed by atoms with Crippen LogP contribution in [0.1, 0.15) is 33.3 Å². The molecule has 1 fully saturated rings. The fraction of sp³-hybridized carbons (Fsp3) is 0.273. The first-order valence-electron chi connectivity index (χ1n) is 9.51. The molecule has 1 aliphatic rings. The zero-order valence-corrected chi connectivity index (χ0v) is 16.8. The van der Waals surface area contributed by atoms with Crippen molar-refractivity contribution in [1.29, 1.82) is 0 Å². The van der Waals surface area contributed by atoms with Crippen LogP contribution in [0.4, 0.5) is 0 Å². The summed E-state index contributed by atoms with van der Waals surface area (Å²) < 4.78 is 1.93. The van der Waals surface area contributed by atoms with E-state index >= 15 is 0 Å². The summed E-state index contributed by atoms with van der Waals surface area (Å²) in [6.07, 6.45) is 5.95. The van der Waals surface area contributed by atoms with E-state index in [1.54, 1.807) is 34.9 Å². The minimum atomic E-state index is -1.00. The topological polar surface area (TPSA) is 72.3 Å². The van der Waals surface area contributed by atoms with Crippen LogP contribution in [0, 0.1) is 12.8 Å². The zero-order valence-electron chi connectivity index (χ0n) is 16.0. The molecule has 0 aliphatic carbocycles. The standard InChI is InChI=1S/C22H21N3O3S/c1-15-5-7-16(8-6-15)19-18(20(26)17-4-2-13-29-17)21(27)22(28)25(19)11-3-10-24-12-9-23-14-24/h2,4-9,12-14,18-19H,3,10-11H2,1H3. The van der Waals surface area contributed by atoms with E-state index in [1.807, 2.05) is 42.0 Å². The first-order chi connectivity index (χ1) is 14.1. The normalized spacial score (nSPS) is 19.1. The predicted molar refractivity (Wildman–Crippen MR) is 110 cm³/mol. The van der Waals surface area contributed by atoms with Crippen molar-refractivity contribution in [1.82, 2.24) is 14.5 Å². The smallest absolute Gasteiger partial charge is 0.291 e. The summed E-state index contributed by atoms with van der Waals surface area (Å²) in [7, 11) is 0. The van der Waals surface area contributed by atoms with E-state index in [9.17, 15) is 14.4 Å². The number of carbonyl (C=O) groups is 3. The molecule has 3 aromatic rings. The number of nitrogens with zero attached hydrogens (tertiary/aromatic N) is 3. The third-order valence-corrected chi connectivity index (χ3v) is 6.13. The molecule has 1 aromatic carbocycles. The predicted octanol–water partition coefficient (Wildman–Crippen LogP) is 3.29. The van der Waals surface area contributed by atoms with Crippen LogP contribution in [0.3, 0.4) is 0 Å². The van der Waals surface area contributed by atoms with Gasteiger partial charge in [0.2, 0.25) is 5.78 Å². The number of ketones is 2. The highest BCUT2D eigenvalue weighted by atomic mass is 32.1. The molecule has 29 heavy (non-hydrogen) atoms. The lowest BCUT2D eigenvalue weighted by Crippen LogP contribution is -2.32. The Morgan fingerprint density at radius 1 is 1.14 bits per heavy atom. The maximum Gasteiger partial charge on any atom is 0.291 e. The molecule has 2 aromatic heterocycles. The van der Waals surface area contributed by atoms with Gasteiger partial charge in [-0.3, -0.25) is 14.4 Å². The summed E-state index contributed by atoms with van der Waals surface area (Å²) in [5.74, 6) is -2.47. The fourth-order valence-corrected chi connectivity index (χ4v) is 4.48. The van der Waals surface area contributed by atoms with Gasteiger partial charge in [-0.1, -0.05) is 35.9 Å². The Bertz CT molecular complexity index is 1010. The van der Waals surface area contributed by atoms with E-state index in [2.05, 4.69) is 4.98 Å². The van der Waals surface area contributed by atoms with Gasteiger partial charge in [0.25, 0.3) is 5.91 Å². The molecule has 0 saturated carbocycles. The van der Waals surface area contributed by atoms with Crippen LogP contribution in [0.5, 0.6) is 0 Å². The van der Waals surface area contributed by atoms with Crippen molar-refractivity contribution in [3.05, 3.63) is 76.5 Å². The number of imidazole rings is 1. The van der Waals surface area contributed by atoms with Gasteiger partial charge in [-0.15, -0.1) is 11.3 Å². The van der Waals surface area contributed by atoms with Gasteiger partial charge in [0, 0.05) is 25.5 Å². The summed E-state index contributed by atoms with van der Waals surface area (Å²) >= 11 is 1.30. The number of hydrogen-bond acceptors (Lipinski definition) is 5. The molecule has 3 heterocycles. The van der Waals surface area contributed by atoms with Crippen molar-refractivity contribution < 1.29 is 14.4 Å². The minimum absolute atomic E-state index is 0.277. The van der Waals surface area contributed by atoms with Crippen molar-refractivity contribution in [2.75, 3.05) is 6.54 Å². The van der Waals surface area contributed by atoms with E-state index in [4.69, 9.17) is 0 Å². The van der Waals surface area contributed by atoms with E-state index in [0.29, 0.717) is 24.4 Å². The average Bonchev–Trinajstić information content (AvgIpc) is 3.47. The van der Waals surface area contributed by atoms with Crippen LogP contribution in [0.25, 0.3) is 0 Å². The van der Waals surface area contributed by atoms with Crippen molar-refractivity contribution in [2.24, 2.45) is 5.92 Å². The Morgan fingerprint density at radius 3 is 2.59 bits per heavy atom. The molecule has 0 N–H and O–H groups in total. The first-order valence-corrected chi connectivity index (χ1v) is 10.4. The summed E-state index contributed by atoms with van der Waals surface area (Å²) in [6, 6.07) is 10.6. The molecule has 2 atom stereocenters. The lowest BCUT2D eigenvalue weighted by atomic mass is 9.88. The van der Waals surface area contributed by atoms with Gasteiger partial charge in [-0.25, -0.2) is 4.98 Å². The largest absolute Gasteiger partial charge is 0.337 e. The highest BCUT2D eigenvalue weighted by Crippen LogP contribution is 2.38. The number of likely N-dealkylation sites (tertiary alicyclic amines) is 1. The second-order valence-electron chi connectivity index (χ2n) is 7.19. The molecule has 1 aliphatic heterocycles. The molecule has 1 amide bonds. The minimum Gasteiger partial charge on any atom is -0.337 e. The summed E-state index contributed by atoms with van der Waals surface area (Å²) in [5, 5.41) is 1.80. The first kappa shape index (κ1) is 19.3. The third kappa shape index (κ3) is 3.78. The summed E-state index contributed by atoms with van der Waals surface area (Å²) in [5.41, 5.74) is 1.89. The lowest BCUT2D eigenvalue weighted by Gasteiger charge is -2.27. The van der Waals surface area contributed by atoms with Gasteiger partial charge in [-0.2, -0.15) is 0 Å². The second kappa shape index (κ2) is 8.13. The molecule has 148 valence electrons. The van der Waals surface area contributed by atoms with Crippen LogP contribution < -0.4 is 0 Å². The van der Waals surface area contributed by atoms with Crippen LogP contribution in [-0.4, -0.2) is 38.5 Å². The number of amides is 1. The Hall–Kier alpha value is -3.06. The molecule has 0 spiro atoms. The Morgan fingerprint density at radius 2 is 1.93 bits per heavy atom. The zero-order chi connectivity index (χ0) is 20.4. The lowest BCUT2D eigenvalue weighted by molar-refractivity contribution is -0.140. The molecule has 0 radical (unpaired) electrons. The molecular formula is C22H21N3O3S. The summed E-state index contributed by atoms with van der Waals surface area (Å²) in [4.78, 5) is 44.9. The van der Waals surface area contributed by atoms with E-state index in [-0.39, 0.29) is 5.78 Å². The third-order valence-electron chi connectivity index (χ3n) is 5.25. The Balaban J connectivity index is 1.64. The van der Waals surface area contributed by atoms with Crippen molar-refractivity contribution >= 4 is 28.8 Å². The second-order valence-corrected chi connectivity index (χ2v) is 8.14. The van der Waals surface area contributed by atoms with Crippen molar-refractivity contribution in [2.45, 2.75) is 25.9 Å². The number of aromatic nitrogens is 2. The van der Waals surface area contributed by atoms with Crippen LogP contribution in [0.15, 0.2) is 60.5 Å². The van der Waals surface area contributed by atoms with Gasteiger partial charge >= 0.3 is 0 Å². The van der Waals surface area contributed by atoms with Gasteiger partial charge < -0.3 is 9.47 Å². The average molecular weight is 407 g/mol. The summed E-state index contributed by atoms with van der Waals surface area (Å²) in [6.45, 7) is 3.06. The Labute approximate surface area is 172 Å². The molecule has 1 saturated heterocycles. The molecule has 4 rings (SSSR count). The fourth-order valence-electron chi connectivity index (χ4n) is 3.78. The number of benzene rings is 1. The van der Waals surface area contributed by atoms with E-state index in [1.165, 1.54) is 11.3 Å². The Kier molecular flexibility index (Phi) is 5.40. The van der Waals surface area contributed by atoms with Gasteiger partial charge in [0.15, 0.2) is 5.78 Å². The van der Waals surface area contributed by atoms with Crippen LogP contribution in [0.2, 0.25) is 0 Å². The monoisotopic (exact) mass is 407 g/mol. The SMILES string of the molecule is Cc1ccc(C2C(C(=O)c3cccs3)C(=O)C(=O)N2CCCn2ccnc2)cc1. The van der Waals surface area contributed by atoms with Crippen molar-refractivity contribution in [3.63, 3.8) is 0 Å². The van der Waals surface area contributed by atoms with Crippen LogP contribution >= 0.6 is 11.3 Å². The number of hydrogen-bond donors (Lipinski definition) is 0. The maximum atomic E-state index is 13.1. The quantitative estimate of drug-likeness (QED) is 0.342. The van der Waals surface area contributed by atoms with Gasteiger partial charge in [0.05, 0.1) is 17.2 Å². The van der Waals surface area contributed by atoms with Crippen LogP contribution in [-0.2, 0) is 16.1 Å².